The molecule has 2 rings (SSSR count). The normalized spacial score (nSPS) is 21.8. The summed E-state index contributed by atoms with van der Waals surface area (Å²) in [5.74, 6) is -0.266. The minimum absolute atomic E-state index is 0.0559. The van der Waals surface area contributed by atoms with Gasteiger partial charge in [0.05, 0.1) is 28.1 Å². The predicted molar refractivity (Wildman–Crippen MR) is 72.9 cm³/mol. The Hall–Kier alpha value is -1.51. The van der Waals surface area contributed by atoms with Gasteiger partial charge < -0.3 is 14.7 Å². The summed E-state index contributed by atoms with van der Waals surface area (Å²) < 4.78 is 5.63. The monoisotopic (exact) mass is 300 g/mol. The van der Waals surface area contributed by atoms with Gasteiger partial charge in [0.2, 0.25) is 0 Å². The first-order chi connectivity index (χ1) is 9.32. The number of nitrogens with zero attached hydrogens (tertiary/aromatic N) is 2. The van der Waals surface area contributed by atoms with Gasteiger partial charge in [-0.1, -0.05) is 11.3 Å². The Labute approximate surface area is 119 Å². The van der Waals surface area contributed by atoms with Gasteiger partial charge in [0.15, 0.2) is 0 Å². The van der Waals surface area contributed by atoms with Crippen molar-refractivity contribution in [1.29, 1.82) is 0 Å². The maximum atomic E-state index is 12.4. The molecule has 110 valence electrons. The number of aliphatic hydroxyl groups excluding tert-OH is 1. The summed E-state index contributed by atoms with van der Waals surface area (Å²) in [6, 6.07) is 2.79. The molecule has 1 amide bonds. The predicted octanol–water partition coefficient (Wildman–Crippen LogP) is 1.27. The number of rotatable bonds is 3. The lowest BCUT2D eigenvalue weighted by molar-refractivity contribution is -0.380. The molecule has 2 heterocycles. The fraction of sp³-hybridized carbons (Fsp3) is 0.583. The van der Waals surface area contributed by atoms with Crippen LogP contribution in [-0.2, 0) is 4.74 Å². The van der Waals surface area contributed by atoms with Crippen molar-refractivity contribution in [3.05, 3.63) is 27.1 Å². The van der Waals surface area contributed by atoms with E-state index in [0.29, 0.717) is 11.4 Å². The Bertz CT molecular complexity index is 528. The van der Waals surface area contributed by atoms with Crippen LogP contribution in [0.3, 0.4) is 0 Å². The van der Waals surface area contributed by atoms with Crippen LogP contribution in [-0.4, -0.2) is 52.2 Å². The molecule has 1 fully saturated rings. The van der Waals surface area contributed by atoms with Gasteiger partial charge in [-0.25, -0.2) is 0 Å². The second-order valence-corrected chi connectivity index (χ2v) is 6.33. The van der Waals surface area contributed by atoms with Crippen LogP contribution in [0.15, 0.2) is 12.1 Å². The van der Waals surface area contributed by atoms with E-state index < -0.39 is 16.6 Å². The number of carbonyl (C=O) groups excluding carboxylic acids is 1. The van der Waals surface area contributed by atoms with E-state index in [2.05, 4.69) is 0 Å². The number of morpholine rings is 1. The first-order valence-corrected chi connectivity index (χ1v) is 6.96. The first-order valence-electron chi connectivity index (χ1n) is 6.14. The van der Waals surface area contributed by atoms with Gasteiger partial charge >= 0.3 is 5.00 Å². The van der Waals surface area contributed by atoms with Crippen LogP contribution in [0.2, 0.25) is 0 Å². The van der Waals surface area contributed by atoms with E-state index in [-0.39, 0.29) is 24.1 Å². The minimum Gasteiger partial charge on any atom is -0.394 e. The Balaban J connectivity index is 2.16. The summed E-state index contributed by atoms with van der Waals surface area (Å²) in [7, 11) is 0. The Kier molecular flexibility index (Phi) is 4.07. The number of nitro groups is 1. The summed E-state index contributed by atoms with van der Waals surface area (Å²) >= 11 is 0.858. The quantitative estimate of drug-likeness (QED) is 0.670. The van der Waals surface area contributed by atoms with Crippen molar-refractivity contribution in [3.8, 4) is 0 Å². The van der Waals surface area contributed by atoms with Crippen molar-refractivity contribution < 1.29 is 19.6 Å². The molecule has 1 aromatic heterocycles. The molecule has 1 aliphatic rings. The molecule has 1 atom stereocenters. The van der Waals surface area contributed by atoms with Crippen molar-refractivity contribution >= 4 is 22.2 Å². The highest BCUT2D eigenvalue weighted by Gasteiger charge is 2.36. The number of ether oxygens (including phenoxy) is 1. The number of carbonyl (C=O) groups is 1. The van der Waals surface area contributed by atoms with Crippen LogP contribution < -0.4 is 0 Å². The van der Waals surface area contributed by atoms with Crippen LogP contribution >= 0.6 is 11.3 Å². The Morgan fingerprint density at radius 1 is 1.65 bits per heavy atom. The maximum Gasteiger partial charge on any atom is 0.324 e. The molecule has 7 nitrogen and oxygen atoms in total. The second kappa shape index (κ2) is 5.47. The van der Waals surface area contributed by atoms with Crippen molar-refractivity contribution in [3.63, 3.8) is 0 Å². The first kappa shape index (κ1) is 14.9. The highest BCUT2D eigenvalue weighted by molar-refractivity contribution is 7.17. The number of aliphatic hydroxyl groups is 1. The lowest BCUT2D eigenvalue weighted by Gasteiger charge is -2.42. The molecule has 0 saturated carbocycles. The molecule has 0 aromatic carbocycles. The molecular formula is C12H16N2O5S. The van der Waals surface area contributed by atoms with E-state index in [4.69, 9.17) is 4.74 Å². The Morgan fingerprint density at radius 2 is 2.35 bits per heavy atom. The number of hydrogen-bond acceptors (Lipinski definition) is 6. The standard InChI is InChI=1S/C12H16N2O5S/c1-12(2)7-13(5-8(6-15)19-12)11(16)9-3-4-10(20-9)14(17)18/h3-4,8,15H,5-7H2,1-2H3. The molecular weight excluding hydrogens is 284 g/mol. The topological polar surface area (TPSA) is 92.9 Å². The van der Waals surface area contributed by atoms with Crippen LogP contribution in [0.25, 0.3) is 0 Å². The molecule has 8 heteroatoms. The number of hydrogen-bond donors (Lipinski definition) is 1. The lowest BCUT2D eigenvalue weighted by Crippen LogP contribution is -2.55. The van der Waals surface area contributed by atoms with E-state index in [1.165, 1.54) is 12.1 Å². The third kappa shape index (κ3) is 3.14. The molecule has 20 heavy (non-hydrogen) atoms. The summed E-state index contributed by atoms with van der Waals surface area (Å²) in [4.78, 5) is 24.4. The van der Waals surface area contributed by atoms with Crippen molar-refractivity contribution in [2.45, 2.75) is 25.6 Å². The van der Waals surface area contributed by atoms with Crippen LogP contribution in [0, 0.1) is 10.1 Å². The Morgan fingerprint density at radius 3 is 2.90 bits per heavy atom. The average Bonchev–Trinajstić information content (AvgIpc) is 2.85. The second-order valence-electron chi connectivity index (χ2n) is 5.26. The van der Waals surface area contributed by atoms with E-state index >= 15 is 0 Å². The van der Waals surface area contributed by atoms with Crippen LogP contribution in [0.4, 0.5) is 5.00 Å². The molecule has 1 unspecified atom stereocenters. The average molecular weight is 300 g/mol. The number of thiophene rings is 1. The van der Waals surface area contributed by atoms with Gasteiger partial charge in [-0.3, -0.25) is 14.9 Å². The van der Waals surface area contributed by atoms with Crippen LogP contribution in [0.1, 0.15) is 23.5 Å². The van der Waals surface area contributed by atoms with E-state index in [9.17, 15) is 20.0 Å². The summed E-state index contributed by atoms with van der Waals surface area (Å²) in [5, 5.41) is 19.8. The highest BCUT2D eigenvalue weighted by Crippen LogP contribution is 2.28. The fourth-order valence-corrected chi connectivity index (χ4v) is 3.03. The molecule has 1 saturated heterocycles. The zero-order valence-corrected chi connectivity index (χ0v) is 12.1. The summed E-state index contributed by atoms with van der Waals surface area (Å²) in [6.07, 6.45) is -0.433. The van der Waals surface area contributed by atoms with Crippen molar-refractivity contribution in [1.82, 2.24) is 4.90 Å². The molecule has 0 aliphatic carbocycles. The van der Waals surface area contributed by atoms with Gasteiger partial charge in [0.25, 0.3) is 5.91 Å². The molecule has 1 N–H and O–H groups in total. The highest BCUT2D eigenvalue weighted by atomic mass is 32.1. The van der Waals surface area contributed by atoms with Crippen LogP contribution in [0.5, 0.6) is 0 Å². The maximum absolute atomic E-state index is 12.4. The van der Waals surface area contributed by atoms with Crippen molar-refractivity contribution in [2.24, 2.45) is 0 Å². The van der Waals surface area contributed by atoms with E-state index in [1.54, 1.807) is 4.90 Å². The number of amides is 1. The van der Waals surface area contributed by atoms with Crippen molar-refractivity contribution in [2.75, 3.05) is 19.7 Å². The SMILES string of the molecule is CC1(C)CN(C(=O)c2ccc([N+](=O)[O-])s2)CC(CO)O1. The molecule has 1 aliphatic heterocycles. The summed E-state index contributed by atoms with van der Waals surface area (Å²) in [5.41, 5.74) is -0.551. The smallest absolute Gasteiger partial charge is 0.324 e. The zero-order valence-electron chi connectivity index (χ0n) is 11.2. The van der Waals surface area contributed by atoms with E-state index in [1.807, 2.05) is 13.8 Å². The molecule has 1 aromatic rings. The van der Waals surface area contributed by atoms with E-state index in [0.717, 1.165) is 11.3 Å². The van der Waals surface area contributed by atoms with Gasteiger partial charge in [-0.2, -0.15) is 0 Å². The third-order valence-electron chi connectivity index (χ3n) is 2.95. The fourth-order valence-electron chi connectivity index (χ4n) is 2.24. The summed E-state index contributed by atoms with van der Waals surface area (Å²) in [6.45, 7) is 4.17. The van der Waals surface area contributed by atoms with Gasteiger partial charge in [0.1, 0.15) is 0 Å². The molecule has 0 radical (unpaired) electrons. The molecule has 0 bridgehead atoms. The largest absolute Gasteiger partial charge is 0.394 e. The van der Waals surface area contributed by atoms with Gasteiger partial charge in [0, 0.05) is 19.2 Å². The van der Waals surface area contributed by atoms with Gasteiger partial charge in [-0.05, 0) is 19.9 Å². The minimum atomic E-state index is -0.551. The third-order valence-corrected chi connectivity index (χ3v) is 3.98. The lowest BCUT2D eigenvalue weighted by atomic mass is 10.1. The van der Waals surface area contributed by atoms with Gasteiger partial charge in [-0.15, -0.1) is 0 Å². The zero-order chi connectivity index (χ0) is 14.9. The molecule has 0 spiro atoms.